The number of benzene rings is 1. The summed E-state index contributed by atoms with van der Waals surface area (Å²) in [5.74, 6) is 0. The van der Waals surface area contributed by atoms with E-state index < -0.39 is 0 Å². The Hall–Kier alpha value is -3.23. The Morgan fingerprint density at radius 1 is 1.23 bits per heavy atom. The number of fused-ring (bicyclic) bond motifs is 7. The Balaban J connectivity index is 1.69. The lowest BCUT2D eigenvalue weighted by Crippen LogP contribution is -2.50. The molecule has 26 heavy (non-hydrogen) atoms. The van der Waals surface area contributed by atoms with Crippen molar-refractivity contribution in [2.45, 2.75) is 12.5 Å². The van der Waals surface area contributed by atoms with E-state index >= 15 is 0 Å². The summed E-state index contributed by atoms with van der Waals surface area (Å²) >= 11 is 6.19. The summed E-state index contributed by atoms with van der Waals surface area (Å²) in [6, 6.07) is 16.3. The molecule has 0 saturated carbocycles. The van der Waals surface area contributed by atoms with Crippen LogP contribution in [0.3, 0.4) is 0 Å². The molecule has 0 spiro atoms. The highest BCUT2D eigenvalue weighted by Gasteiger charge is 2.50. The van der Waals surface area contributed by atoms with Gasteiger partial charge in [0.05, 0.1) is 11.8 Å². The molecule has 5 nitrogen and oxygen atoms in total. The predicted molar refractivity (Wildman–Crippen MR) is 94.4 cm³/mol. The lowest BCUT2D eigenvalue weighted by Gasteiger charge is -2.13. The lowest BCUT2D eigenvalue weighted by atomic mass is 9.99. The second-order valence-electron chi connectivity index (χ2n) is 6.67. The maximum Gasteiger partial charge on any atom is 0.289 e. The van der Waals surface area contributed by atoms with Crippen molar-refractivity contribution in [2.24, 2.45) is 0 Å². The Kier molecular flexibility index (Phi) is 2.52. The first kappa shape index (κ1) is 14.0. The molecule has 0 aliphatic carbocycles. The van der Waals surface area contributed by atoms with Crippen molar-refractivity contribution in [1.82, 2.24) is 9.67 Å². The molecule has 0 amide bonds. The molecule has 1 unspecified atom stereocenters. The lowest BCUT2D eigenvalue weighted by molar-refractivity contribution is -0.785. The Morgan fingerprint density at radius 2 is 2.15 bits per heavy atom. The average molecular weight is 358 g/mol. The molecular formula is C20H12ClN5+2. The van der Waals surface area contributed by atoms with Crippen LogP contribution in [0.5, 0.6) is 0 Å². The predicted octanol–water partition coefficient (Wildman–Crippen LogP) is 2.57. The smallest absolute Gasteiger partial charge is 0.235 e. The molecule has 0 N–H and O–H groups in total. The topological polar surface area (TPSA) is 49.4 Å². The maximum absolute atomic E-state index is 9.21. The van der Waals surface area contributed by atoms with Crippen LogP contribution >= 0.6 is 11.6 Å². The van der Waals surface area contributed by atoms with E-state index in [0.29, 0.717) is 5.69 Å². The van der Waals surface area contributed by atoms with Crippen LogP contribution in [0.25, 0.3) is 22.3 Å². The van der Waals surface area contributed by atoms with Gasteiger partial charge in [-0.25, -0.2) is 4.98 Å². The Morgan fingerprint density at radius 3 is 3.04 bits per heavy atom. The minimum atomic E-state index is 0.145. The van der Waals surface area contributed by atoms with Gasteiger partial charge in [0.15, 0.2) is 11.9 Å². The summed E-state index contributed by atoms with van der Waals surface area (Å²) in [6.45, 7) is 0. The highest BCUT2D eigenvalue weighted by atomic mass is 35.5. The average Bonchev–Trinajstić information content (AvgIpc) is 3.17. The zero-order chi connectivity index (χ0) is 17.4. The Bertz CT molecular complexity index is 1300. The highest BCUT2D eigenvalue weighted by molar-refractivity contribution is 6.31. The van der Waals surface area contributed by atoms with Crippen LogP contribution in [0.1, 0.15) is 23.1 Å². The van der Waals surface area contributed by atoms with Crippen molar-refractivity contribution < 1.29 is 9.25 Å². The molecule has 1 aromatic carbocycles. The van der Waals surface area contributed by atoms with Gasteiger partial charge < -0.3 is 0 Å². The summed E-state index contributed by atoms with van der Waals surface area (Å²) in [4.78, 5) is 4.57. The number of hydrogen-bond acceptors (Lipinski definition) is 2. The molecule has 4 aromatic rings. The molecule has 1 atom stereocenters. The van der Waals surface area contributed by atoms with Crippen molar-refractivity contribution in [1.29, 1.82) is 5.26 Å². The van der Waals surface area contributed by atoms with Gasteiger partial charge >= 0.3 is 0 Å². The monoisotopic (exact) mass is 357 g/mol. The number of nitrogens with zero attached hydrogens (tertiary/aromatic N) is 5. The minimum Gasteiger partial charge on any atom is -0.235 e. The normalized spacial score (nSPS) is 16.1. The summed E-state index contributed by atoms with van der Waals surface area (Å²) in [7, 11) is 0. The zero-order valence-corrected chi connectivity index (χ0v) is 14.4. The third-order valence-corrected chi connectivity index (χ3v) is 5.54. The van der Waals surface area contributed by atoms with Crippen molar-refractivity contribution in [3.05, 3.63) is 77.0 Å². The summed E-state index contributed by atoms with van der Waals surface area (Å²) in [5, 5.41) is 11.1. The fourth-order valence-electron chi connectivity index (χ4n) is 4.28. The molecule has 6 heteroatoms. The van der Waals surface area contributed by atoms with Gasteiger partial charge in [-0.15, -0.1) is 4.68 Å². The number of rotatable bonds is 0. The van der Waals surface area contributed by atoms with Crippen molar-refractivity contribution in [2.75, 3.05) is 0 Å². The molecule has 5 heterocycles. The molecule has 6 rings (SSSR count). The number of nitriles is 1. The SMILES string of the molecule is N#Cc1ccc2c(n1)CC1c3c(ccc[n+]3-2)-n2c3ccc(Cl)cc3c[n+]21. The van der Waals surface area contributed by atoms with Crippen LogP contribution < -0.4 is 9.25 Å². The van der Waals surface area contributed by atoms with Crippen molar-refractivity contribution in [3.8, 4) is 17.4 Å². The van der Waals surface area contributed by atoms with Crippen LogP contribution in [-0.2, 0) is 6.42 Å². The highest BCUT2D eigenvalue weighted by Crippen LogP contribution is 2.35. The van der Waals surface area contributed by atoms with E-state index in [1.807, 2.05) is 18.2 Å². The summed E-state index contributed by atoms with van der Waals surface area (Å²) < 4.78 is 6.71. The fraction of sp³-hybridized carbons (Fsp3) is 0.100. The van der Waals surface area contributed by atoms with Gasteiger partial charge in [-0.2, -0.15) is 9.83 Å². The van der Waals surface area contributed by atoms with Crippen molar-refractivity contribution >= 4 is 22.5 Å². The van der Waals surface area contributed by atoms with Crippen LogP contribution in [0, 0.1) is 11.3 Å². The van der Waals surface area contributed by atoms with E-state index in [4.69, 9.17) is 11.6 Å². The van der Waals surface area contributed by atoms with Gasteiger partial charge in [-0.3, -0.25) is 0 Å². The standard InChI is InChI=1S/C20H12ClN5/c21-13-3-5-16-12(8-13)11-25-19-9-15-17(6-4-14(10-22)23-15)24-7-1-2-18(20(19)24)26(16)25/h1-8,11,19H,9H2/q+2. The second-order valence-corrected chi connectivity index (χ2v) is 7.10. The van der Waals surface area contributed by atoms with Crippen LogP contribution in [0.2, 0.25) is 5.02 Å². The first-order chi connectivity index (χ1) is 12.7. The van der Waals surface area contributed by atoms with Gasteiger partial charge in [-0.05, 0) is 30.3 Å². The molecular weight excluding hydrogens is 346 g/mol. The molecule has 2 aliphatic heterocycles. The number of aromatic nitrogens is 4. The molecule has 3 aromatic heterocycles. The second kappa shape index (κ2) is 4.69. The molecule has 0 fully saturated rings. The third kappa shape index (κ3) is 1.62. The molecule has 0 radical (unpaired) electrons. The first-order valence-electron chi connectivity index (χ1n) is 8.42. The number of pyridine rings is 2. The summed E-state index contributed by atoms with van der Waals surface area (Å²) in [6.07, 6.45) is 4.98. The van der Waals surface area contributed by atoms with Gasteiger partial charge in [0.25, 0.3) is 11.7 Å². The number of halogens is 1. The largest absolute Gasteiger partial charge is 0.289 e. The number of hydrogen-bond donors (Lipinski definition) is 0. The van der Waals surface area contributed by atoms with Gasteiger partial charge in [-0.1, -0.05) is 16.3 Å². The van der Waals surface area contributed by atoms with Gasteiger partial charge in [0, 0.05) is 17.2 Å². The Labute approximate surface area is 153 Å². The first-order valence-corrected chi connectivity index (χ1v) is 8.80. The summed E-state index contributed by atoms with van der Waals surface area (Å²) in [5.41, 5.74) is 6.02. The van der Waals surface area contributed by atoms with Crippen LogP contribution in [0.15, 0.2) is 54.9 Å². The maximum atomic E-state index is 9.21. The van der Waals surface area contributed by atoms with Crippen LogP contribution in [0.4, 0.5) is 0 Å². The van der Waals surface area contributed by atoms with Gasteiger partial charge in [0.1, 0.15) is 23.0 Å². The minimum absolute atomic E-state index is 0.145. The van der Waals surface area contributed by atoms with Crippen molar-refractivity contribution in [3.63, 3.8) is 0 Å². The molecule has 2 aliphatic rings. The zero-order valence-electron chi connectivity index (χ0n) is 13.6. The molecule has 0 saturated heterocycles. The van der Waals surface area contributed by atoms with E-state index in [1.54, 1.807) is 6.07 Å². The third-order valence-electron chi connectivity index (χ3n) is 5.31. The quantitative estimate of drug-likeness (QED) is 0.454. The van der Waals surface area contributed by atoms with E-state index in [9.17, 15) is 5.26 Å². The van der Waals surface area contributed by atoms with E-state index in [-0.39, 0.29) is 6.04 Å². The molecule has 0 bridgehead atoms. The molecule has 122 valence electrons. The fourth-order valence-corrected chi connectivity index (χ4v) is 4.46. The van der Waals surface area contributed by atoms with E-state index in [0.717, 1.165) is 33.7 Å². The van der Waals surface area contributed by atoms with E-state index in [2.05, 4.69) is 55.6 Å². The van der Waals surface area contributed by atoms with E-state index in [1.165, 1.54) is 11.4 Å². The van der Waals surface area contributed by atoms with Gasteiger partial charge in [0.2, 0.25) is 11.9 Å². The van der Waals surface area contributed by atoms with Crippen LogP contribution in [-0.4, -0.2) is 9.67 Å².